The van der Waals surface area contributed by atoms with Crippen LogP contribution < -0.4 is 20.3 Å². The van der Waals surface area contributed by atoms with Crippen molar-refractivity contribution in [3.05, 3.63) is 24.3 Å². The predicted molar refractivity (Wildman–Crippen MR) is 106 cm³/mol. The molecule has 0 atom stereocenters. The molecule has 2 N–H and O–H groups in total. The first-order valence-electron chi connectivity index (χ1n) is 9.18. The molecule has 0 unspecified atom stereocenters. The molecule has 26 heavy (non-hydrogen) atoms. The van der Waals surface area contributed by atoms with Gasteiger partial charge in [0.15, 0.2) is 5.96 Å². The van der Waals surface area contributed by atoms with E-state index in [1.807, 2.05) is 32.0 Å². The second-order valence-corrected chi connectivity index (χ2v) is 6.57. The van der Waals surface area contributed by atoms with Crippen LogP contribution in [0.15, 0.2) is 29.3 Å². The Balaban J connectivity index is 1.81. The lowest BCUT2D eigenvalue weighted by Crippen LogP contribution is -2.53. The highest BCUT2D eigenvalue weighted by Gasteiger charge is 2.21. The fraction of sp³-hybridized carbons (Fsp3) is 0.579. The van der Waals surface area contributed by atoms with Crippen LogP contribution in [0, 0.1) is 5.92 Å². The van der Waals surface area contributed by atoms with E-state index in [9.17, 15) is 4.79 Å². The molecule has 2 rings (SSSR count). The van der Waals surface area contributed by atoms with E-state index >= 15 is 0 Å². The summed E-state index contributed by atoms with van der Waals surface area (Å²) in [5, 5.41) is 6.24. The predicted octanol–water partition coefficient (Wildman–Crippen LogP) is 1.16. The third kappa shape index (κ3) is 5.28. The molecule has 0 saturated carbocycles. The average molecular weight is 361 g/mol. The van der Waals surface area contributed by atoms with Gasteiger partial charge in [0, 0.05) is 52.2 Å². The number of nitrogens with one attached hydrogen (secondary N) is 2. The smallest absolute Gasteiger partial charge is 0.222 e. The van der Waals surface area contributed by atoms with Crippen molar-refractivity contribution in [3.8, 4) is 5.75 Å². The van der Waals surface area contributed by atoms with E-state index in [0.717, 1.165) is 43.6 Å². The number of rotatable bonds is 6. The molecule has 7 heteroatoms. The zero-order valence-corrected chi connectivity index (χ0v) is 16.3. The highest BCUT2D eigenvalue weighted by molar-refractivity contribution is 5.80. The number of amides is 1. The Morgan fingerprint density at radius 1 is 1.15 bits per heavy atom. The molecule has 0 bridgehead atoms. The Morgan fingerprint density at radius 2 is 1.81 bits per heavy atom. The second-order valence-electron chi connectivity index (χ2n) is 6.57. The molecule has 0 spiro atoms. The van der Waals surface area contributed by atoms with Gasteiger partial charge in [0.25, 0.3) is 0 Å². The Kier molecular flexibility index (Phi) is 7.56. The highest BCUT2D eigenvalue weighted by atomic mass is 16.5. The number of nitrogens with zero attached hydrogens (tertiary/aromatic N) is 3. The number of para-hydroxylation sites is 2. The van der Waals surface area contributed by atoms with Crippen molar-refractivity contribution >= 4 is 17.6 Å². The maximum Gasteiger partial charge on any atom is 0.222 e. The van der Waals surface area contributed by atoms with Crippen LogP contribution in [0.25, 0.3) is 0 Å². The molecule has 1 aromatic rings. The summed E-state index contributed by atoms with van der Waals surface area (Å²) in [6.07, 6.45) is 0. The molecule has 1 aliphatic rings. The van der Waals surface area contributed by atoms with Gasteiger partial charge in [-0.15, -0.1) is 0 Å². The van der Waals surface area contributed by atoms with Crippen LogP contribution in [-0.4, -0.2) is 70.2 Å². The Bertz CT molecular complexity index is 610. The van der Waals surface area contributed by atoms with Gasteiger partial charge in [0.2, 0.25) is 5.91 Å². The van der Waals surface area contributed by atoms with E-state index in [2.05, 4.69) is 31.5 Å². The first kappa shape index (κ1) is 19.9. The number of guanidine groups is 1. The number of aliphatic imine (C=N–C) groups is 1. The summed E-state index contributed by atoms with van der Waals surface area (Å²) in [6, 6.07) is 8.12. The molecule has 0 aliphatic carbocycles. The number of carbonyl (C=O) groups excluding carboxylic acids is 1. The molecule has 1 fully saturated rings. The minimum atomic E-state index is 0.0115. The number of methoxy groups -OCH3 is 1. The van der Waals surface area contributed by atoms with Crippen LogP contribution in [0.4, 0.5) is 5.69 Å². The van der Waals surface area contributed by atoms with Crippen LogP contribution in [0.2, 0.25) is 0 Å². The molecule has 1 amide bonds. The summed E-state index contributed by atoms with van der Waals surface area (Å²) >= 11 is 0. The minimum Gasteiger partial charge on any atom is -0.495 e. The van der Waals surface area contributed by atoms with Crippen LogP contribution in [0.1, 0.15) is 13.8 Å². The molecular weight excluding hydrogens is 330 g/mol. The number of piperazine rings is 1. The van der Waals surface area contributed by atoms with Crippen molar-refractivity contribution < 1.29 is 9.53 Å². The number of ether oxygens (including phenoxy) is 1. The zero-order chi connectivity index (χ0) is 18.9. The number of hydrogen-bond acceptors (Lipinski definition) is 4. The van der Waals surface area contributed by atoms with Crippen LogP contribution in [0.5, 0.6) is 5.75 Å². The maximum atomic E-state index is 11.6. The van der Waals surface area contributed by atoms with Crippen molar-refractivity contribution in [1.29, 1.82) is 0 Å². The van der Waals surface area contributed by atoms with E-state index in [-0.39, 0.29) is 11.8 Å². The van der Waals surface area contributed by atoms with Crippen LogP contribution in [0.3, 0.4) is 0 Å². The van der Waals surface area contributed by atoms with Gasteiger partial charge in [-0.25, -0.2) is 0 Å². The van der Waals surface area contributed by atoms with Crippen LogP contribution in [-0.2, 0) is 4.79 Å². The SMILES string of the molecule is CN=C(NCCNC(=O)C(C)C)N1CCN(c2ccccc2OC)CC1. The first-order valence-corrected chi connectivity index (χ1v) is 9.18. The molecule has 1 aromatic carbocycles. The average Bonchev–Trinajstić information content (AvgIpc) is 2.68. The van der Waals surface area contributed by atoms with E-state index in [1.165, 1.54) is 0 Å². The summed E-state index contributed by atoms with van der Waals surface area (Å²) in [4.78, 5) is 20.5. The number of anilines is 1. The minimum absolute atomic E-state index is 0.0115. The second kappa shape index (κ2) is 9.89. The van der Waals surface area contributed by atoms with Crippen molar-refractivity contribution in [1.82, 2.24) is 15.5 Å². The summed E-state index contributed by atoms with van der Waals surface area (Å²) in [6.45, 7) is 8.63. The van der Waals surface area contributed by atoms with E-state index in [1.54, 1.807) is 14.2 Å². The van der Waals surface area contributed by atoms with Crippen molar-refractivity contribution in [2.45, 2.75) is 13.8 Å². The van der Waals surface area contributed by atoms with Gasteiger partial charge < -0.3 is 25.2 Å². The molecule has 1 aliphatic heterocycles. The van der Waals surface area contributed by atoms with Crippen molar-refractivity contribution in [2.75, 3.05) is 58.3 Å². The van der Waals surface area contributed by atoms with Crippen molar-refractivity contribution in [2.24, 2.45) is 10.9 Å². The number of hydrogen-bond donors (Lipinski definition) is 2. The molecule has 7 nitrogen and oxygen atoms in total. The molecule has 1 heterocycles. The fourth-order valence-electron chi connectivity index (χ4n) is 2.95. The summed E-state index contributed by atoms with van der Waals surface area (Å²) in [5.74, 6) is 1.87. The lowest BCUT2D eigenvalue weighted by molar-refractivity contribution is -0.123. The molecule has 1 saturated heterocycles. The Morgan fingerprint density at radius 3 is 2.42 bits per heavy atom. The van der Waals surface area contributed by atoms with Crippen molar-refractivity contribution in [3.63, 3.8) is 0 Å². The highest BCUT2D eigenvalue weighted by Crippen LogP contribution is 2.28. The van der Waals surface area contributed by atoms with Gasteiger partial charge in [0.05, 0.1) is 12.8 Å². The Labute approximate surface area is 156 Å². The number of carbonyl (C=O) groups is 1. The summed E-state index contributed by atoms with van der Waals surface area (Å²) in [5.41, 5.74) is 1.13. The first-order chi connectivity index (χ1) is 12.6. The maximum absolute atomic E-state index is 11.6. The lowest BCUT2D eigenvalue weighted by Gasteiger charge is -2.38. The summed E-state index contributed by atoms with van der Waals surface area (Å²) in [7, 11) is 3.50. The standard InChI is InChI=1S/C19H31N5O2/c1-15(2)18(25)21-9-10-22-19(20-3)24-13-11-23(12-14-24)16-7-5-6-8-17(16)26-4/h5-8,15H,9-14H2,1-4H3,(H,20,22)(H,21,25). The van der Waals surface area contributed by atoms with Gasteiger partial charge in [-0.1, -0.05) is 26.0 Å². The third-order valence-electron chi connectivity index (χ3n) is 4.45. The molecule has 0 aromatic heterocycles. The topological polar surface area (TPSA) is 69.2 Å². The van der Waals surface area contributed by atoms with Crippen LogP contribution >= 0.6 is 0 Å². The van der Waals surface area contributed by atoms with Gasteiger partial charge in [0.1, 0.15) is 5.75 Å². The van der Waals surface area contributed by atoms with Gasteiger partial charge in [-0.2, -0.15) is 0 Å². The largest absolute Gasteiger partial charge is 0.495 e. The monoisotopic (exact) mass is 361 g/mol. The van der Waals surface area contributed by atoms with E-state index in [4.69, 9.17) is 4.74 Å². The summed E-state index contributed by atoms with van der Waals surface area (Å²) < 4.78 is 5.47. The fourth-order valence-corrected chi connectivity index (χ4v) is 2.95. The molecule has 144 valence electrons. The molecular formula is C19H31N5O2. The lowest BCUT2D eigenvalue weighted by atomic mass is 10.2. The zero-order valence-electron chi connectivity index (χ0n) is 16.3. The van der Waals surface area contributed by atoms with Gasteiger partial charge in [-0.3, -0.25) is 9.79 Å². The van der Waals surface area contributed by atoms with E-state index in [0.29, 0.717) is 13.1 Å². The quantitative estimate of drug-likeness (QED) is 0.452. The van der Waals surface area contributed by atoms with E-state index < -0.39 is 0 Å². The number of benzene rings is 1. The van der Waals surface area contributed by atoms with Gasteiger partial charge in [-0.05, 0) is 12.1 Å². The Hall–Kier alpha value is -2.44. The normalized spacial score (nSPS) is 15.2. The van der Waals surface area contributed by atoms with Gasteiger partial charge >= 0.3 is 0 Å². The third-order valence-corrected chi connectivity index (χ3v) is 4.45. The molecule has 0 radical (unpaired) electrons.